The van der Waals surface area contributed by atoms with E-state index in [1.54, 1.807) is 0 Å². The van der Waals surface area contributed by atoms with Crippen molar-refractivity contribution in [3.8, 4) is 67.0 Å². The van der Waals surface area contributed by atoms with Crippen LogP contribution >= 0.6 is 0 Å². The topological polar surface area (TPSA) is 38.7 Å². The van der Waals surface area contributed by atoms with Crippen LogP contribution in [0.15, 0.2) is 188 Å². The molecule has 0 bridgehead atoms. The van der Waals surface area contributed by atoms with Crippen LogP contribution in [-0.2, 0) is 5.41 Å². The van der Waals surface area contributed by atoms with E-state index in [0.29, 0.717) is 0 Å². The van der Waals surface area contributed by atoms with Gasteiger partial charge in [0, 0.05) is 23.5 Å². The summed E-state index contributed by atoms with van der Waals surface area (Å²) >= 11 is 0. The molecule has 0 amide bonds. The van der Waals surface area contributed by atoms with E-state index in [9.17, 15) is 0 Å². The predicted molar refractivity (Wildman–Crippen MR) is 215 cm³/mol. The van der Waals surface area contributed by atoms with Crippen molar-refractivity contribution in [3.63, 3.8) is 0 Å². The molecule has 2 aliphatic rings. The normalized spacial score (nSPS) is 13.1. The van der Waals surface area contributed by atoms with E-state index >= 15 is 0 Å². The molecule has 9 aromatic rings. The Labute approximate surface area is 308 Å². The van der Waals surface area contributed by atoms with Crippen molar-refractivity contribution in [3.05, 3.63) is 211 Å². The maximum absolute atomic E-state index is 5.32. The van der Waals surface area contributed by atoms with Gasteiger partial charge in [-0.1, -0.05) is 140 Å². The zero-order valence-electron chi connectivity index (χ0n) is 28.7. The van der Waals surface area contributed by atoms with Crippen LogP contribution in [0.4, 0.5) is 0 Å². The van der Waals surface area contributed by atoms with Gasteiger partial charge in [0.15, 0.2) is 0 Å². The smallest absolute Gasteiger partial charge is 0.0973 e. The van der Waals surface area contributed by atoms with E-state index in [1.165, 1.54) is 61.2 Å². The van der Waals surface area contributed by atoms with Crippen LogP contribution in [0.1, 0.15) is 22.3 Å². The first kappa shape index (κ1) is 29.7. The third-order valence-electron chi connectivity index (χ3n) is 11.2. The van der Waals surface area contributed by atoms with Gasteiger partial charge in [-0.05, 0) is 103 Å². The maximum Gasteiger partial charge on any atom is 0.0973 e. The Hall–Kier alpha value is -6.97. The van der Waals surface area contributed by atoms with Crippen LogP contribution in [0.5, 0.6) is 0 Å². The minimum Gasteiger partial charge on any atom is -0.265 e. The number of hydrogen-bond donors (Lipinski definition) is 0. The molecule has 0 saturated carbocycles. The first-order valence-electron chi connectivity index (χ1n) is 18.1. The molecule has 53 heavy (non-hydrogen) atoms. The van der Waals surface area contributed by atoms with E-state index in [-0.39, 0.29) is 0 Å². The summed E-state index contributed by atoms with van der Waals surface area (Å²) in [6.45, 7) is 0. The predicted octanol–water partition coefficient (Wildman–Crippen LogP) is 12.0. The van der Waals surface area contributed by atoms with Crippen LogP contribution in [0.3, 0.4) is 0 Å². The fourth-order valence-electron chi connectivity index (χ4n) is 8.86. The molecular formula is C50H31N3. The number of rotatable bonds is 4. The minimum atomic E-state index is -0.502. The van der Waals surface area contributed by atoms with Crippen molar-refractivity contribution in [2.45, 2.75) is 5.41 Å². The third kappa shape index (κ3) is 4.38. The second kappa shape index (κ2) is 11.5. The van der Waals surface area contributed by atoms with E-state index in [2.05, 4.69) is 157 Å². The van der Waals surface area contributed by atoms with Gasteiger partial charge in [0.1, 0.15) is 0 Å². The van der Waals surface area contributed by atoms with Crippen molar-refractivity contribution in [1.82, 2.24) is 15.0 Å². The van der Waals surface area contributed by atoms with E-state index in [1.807, 2.05) is 36.7 Å². The Morgan fingerprint density at radius 1 is 0.302 bits per heavy atom. The van der Waals surface area contributed by atoms with Crippen molar-refractivity contribution in [1.29, 1.82) is 0 Å². The number of pyridine rings is 1. The fourth-order valence-corrected chi connectivity index (χ4v) is 8.86. The van der Waals surface area contributed by atoms with Crippen molar-refractivity contribution >= 4 is 11.0 Å². The summed E-state index contributed by atoms with van der Waals surface area (Å²) in [6.07, 6.45) is 3.69. The highest BCUT2D eigenvalue weighted by atomic mass is 14.8. The summed E-state index contributed by atoms with van der Waals surface area (Å²) in [5, 5.41) is 0. The zero-order valence-corrected chi connectivity index (χ0v) is 28.7. The highest BCUT2D eigenvalue weighted by Crippen LogP contribution is 2.63. The molecule has 0 radical (unpaired) electrons. The van der Waals surface area contributed by atoms with Crippen molar-refractivity contribution in [2.24, 2.45) is 0 Å². The number of hydrogen-bond acceptors (Lipinski definition) is 3. The molecule has 3 nitrogen and oxygen atoms in total. The number of nitrogens with zero attached hydrogens (tertiary/aromatic N) is 3. The molecule has 2 aromatic heterocycles. The molecule has 0 fully saturated rings. The van der Waals surface area contributed by atoms with Gasteiger partial charge in [0.2, 0.25) is 0 Å². The molecule has 7 aromatic carbocycles. The van der Waals surface area contributed by atoms with Gasteiger partial charge in [-0.3, -0.25) is 4.98 Å². The quantitative estimate of drug-likeness (QED) is 0.187. The summed E-state index contributed by atoms with van der Waals surface area (Å²) < 4.78 is 0. The first-order valence-corrected chi connectivity index (χ1v) is 18.1. The maximum atomic E-state index is 5.32. The summed E-state index contributed by atoms with van der Waals surface area (Å²) in [5.41, 5.74) is 20.2. The van der Waals surface area contributed by atoms with Crippen LogP contribution in [0.2, 0.25) is 0 Å². The van der Waals surface area contributed by atoms with Crippen LogP contribution in [0, 0.1) is 0 Å². The van der Waals surface area contributed by atoms with Gasteiger partial charge in [-0.25, -0.2) is 9.97 Å². The monoisotopic (exact) mass is 673 g/mol. The lowest BCUT2D eigenvalue weighted by Crippen LogP contribution is -2.26. The number of benzene rings is 7. The largest absolute Gasteiger partial charge is 0.265 e. The SMILES string of the molecule is c1ccc(-c2nc3ccccc3nc2-c2ccc3c(c2)C2(c4ccccc4-c4ccccc42)c2cc(-c4ccc(-c5ccncc5)cc4)ccc2-3)cc1. The van der Waals surface area contributed by atoms with Gasteiger partial charge in [0.25, 0.3) is 0 Å². The Balaban J connectivity index is 1.16. The van der Waals surface area contributed by atoms with Crippen molar-refractivity contribution in [2.75, 3.05) is 0 Å². The molecule has 0 saturated heterocycles. The van der Waals surface area contributed by atoms with Crippen LogP contribution in [-0.4, -0.2) is 15.0 Å². The van der Waals surface area contributed by atoms with Gasteiger partial charge in [-0.15, -0.1) is 0 Å². The molecule has 0 N–H and O–H groups in total. The third-order valence-corrected chi connectivity index (χ3v) is 11.2. The standard InChI is InChI=1S/C50H31N3/c1-2-10-35(11-3-1)48-49(53-47-17-9-8-16-46(47)52-48)37-23-25-41-40-24-22-36(33-20-18-32(19-21-33)34-26-28-51-29-27-34)30-44(40)50(45(41)31-37)42-14-6-4-12-38(42)39-13-5-7-15-43(39)50/h1-31H. The van der Waals surface area contributed by atoms with Gasteiger partial charge < -0.3 is 0 Å². The molecule has 0 aliphatic heterocycles. The van der Waals surface area contributed by atoms with Gasteiger partial charge >= 0.3 is 0 Å². The fraction of sp³-hybridized carbons (Fsp3) is 0.0200. The zero-order chi connectivity index (χ0) is 34.9. The Morgan fingerprint density at radius 3 is 1.36 bits per heavy atom. The minimum absolute atomic E-state index is 0.502. The van der Waals surface area contributed by atoms with E-state index < -0.39 is 5.41 Å². The summed E-state index contributed by atoms with van der Waals surface area (Å²) in [5.74, 6) is 0. The Kier molecular flexibility index (Phi) is 6.47. The molecule has 246 valence electrons. The molecule has 3 heteroatoms. The van der Waals surface area contributed by atoms with Gasteiger partial charge in [0.05, 0.1) is 27.8 Å². The van der Waals surface area contributed by atoms with Crippen molar-refractivity contribution < 1.29 is 0 Å². The summed E-state index contributed by atoms with van der Waals surface area (Å²) in [4.78, 5) is 14.7. The summed E-state index contributed by atoms with van der Waals surface area (Å²) in [7, 11) is 0. The average molecular weight is 674 g/mol. The second-order valence-electron chi connectivity index (χ2n) is 14.0. The average Bonchev–Trinajstić information content (AvgIpc) is 3.70. The number of aromatic nitrogens is 3. The molecule has 1 spiro atoms. The van der Waals surface area contributed by atoms with E-state index in [0.717, 1.165) is 39.1 Å². The number of para-hydroxylation sites is 2. The lowest BCUT2D eigenvalue weighted by Gasteiger charge is -2.31. The molecule has 2 aliphatic carbocycles. The molecule has 0 atom stereocenters. The van der Waals surface area contributed by atoms with Crippen LogP contribution < -0.4 is 0 Å². The highest BCUT2D eigenvalue weighted by molar-refractivity contribution is 5.97. The summed E-state index contributed by atoms with van der Waals surface area (Å²) in [6, 6.07) is 63.6. The van der Waals surface area contributed by atoms with Gasteiger partial charge in [-0.2, -0.15) is 0 Å². The molecule has 0 unspecified atom stereocenters. The first-order chi connectivity index (χ1) is 26.3. The highest BCUT2D eigenvalue weighted by Gasteiger charge is 2.51. The molecule has 11 rings (SSSR count). The lowest BCUT2D eigenvalue weighted by molar-refractivity contribution is 0.794. The molecular weight excluding hydrogens is 643 g/mol. The second-order valence-corrected chi connectivity index (χ2v) is 14.0. The number of fused-ring (bicyclic) bond motifs is 11. The lowest BCUT2D eigenvalue weighted by atomic mass is 9.70. The van der Waals surface area contributed by atoms with Crippen LogP contribution in [0.25, 0.3) is 78.1 Å². The Morgan fingerprint density at radius 2 is 0.736 bits per heavy atom. The molecule has 2 heterocycles. The van der Waals surface area contributed by atoms with E-state index in [4.69, 9.17) is 9.97 Å². The Bertz CT molecular complexity index is 2830.